The summed E-state index contributed by atoms with van der Waals surface area (Å²) in [5.74, 6) is 0.108. The number of nitrogens with zero attached hydrogens (tertiary/aromatic N) is 1. The summed E-state index contributed by atoms with van der Waals surface area (Å²) < 4.78 is 0. The Bertz CT molecular complexity index is 1010. The molecule has 0 saturated carbocycles. The fraction of sp³-hybridized carbons (Fsp3) is 0.158. The fourth-order valence-electron chi connectivity index (χ4n) is 2.59. The van der Waals surface area contributed by atoms with E-state index in [1.807, 2.05) is 37.3 Å². The van der Waals surface area contributed by atoms with Crippen molar-refractivity contribution in [3.8, 4) is 0 Å². The molecule has 26 heavy (non-hydrogen) atoms. The highest BCUT2D eigenvalue weighted by molar-refractivity contribution is 5.88. The zero-order valence-electron chi connectivity index (χ0n) is 14.4. The number of carbonyl (C=O) groups is 1. The molecule has 0 fully saturated rings. The lowest BCUT2D eigenvalue weighted by Gasteiger charge is -2.20. The van der Waals surface area contributed by atoms with Gasteiger partial charge in [-0.3, -0.25) is 14.4 Å². The van der Waals surface area contributed by atoms with Crippen molar-refractivity contribution in [2.75, 3.05) is 16.0 Å². The van der Waals surface area contributed by atoms with E-state index < -0.39 is 10.9 Å². The number of anilines is 4. The van der Waals surface area contributed by atoms with Crippen LogP contribution in [0.2, 0.25) is 0 Å². The maximum atomic E-state index is 12.0. The van der Waals surface area contributed by atoms with Crippen LogP contribution in [0, 0.1) is 0 Å². The SMILES string of the molecule is CC(=O)Nc1cc(Nc2c(N[C@H](C)c3ccccc3)c(=O)c2=O)ccn1. The quantitative estimate of drug-likeness (QED) is 0.591. The highest BCUT2D eigenvalue weighted by atomic mass is 16.2. The van der Waals surface area contributed by atoms with Gasteiger partial charge in [-0.05, 0) is 18.6 Å². The molecule has 1 aromatic heterocycles. The molecule has 0 unspecified atom stereocenters. The van der Waals surface area contributed by atoms with E-state index >= 15 is 0 Å². The molecule has 2 aromatic carbocycles. The zero-order valence-corrected chi connectivity index (χ0v) is 14.4. The number of amides is 1. The third-order valence-corrected chi connectivity index (χ3v) is 3.90. The second-order valence-corrected chi connectivity index (χ2v) is 5.92. The van der Waals surface area contributed by atoms with E-state index in [0.717, 1.165) is 5.56 Å². The van der Waals surface area contributed by atoms with Gasteiger partial charge >= 0.3 is 0 Å². The van der Waals surface area contributed by atoms with E-state index in [2.05, 4.69) is 20.9 Å². The Hall–Kier alpha value is -3.48. The molecular weight excluding hydrogens is 332 g/mol. The Labute approximate surface area is 149 Å². The predicted molar refractivity (Wildman–Crippen MR) is 102 cm³/mol. The molecule has 0 radical (unpaired) electrons. The maximum absolute atomic E-state index is 12.0. The molecule has 0 saturated heterocycles. The summed E-state index contributed by atoms with van der Waals surface area (Å²) in [6, 6.07) is 12.7. The van der Waals surface area contributed by atoms with Crippen LogP contribution in [0.1, 0.15) is 25.5 Å². The van der Waals surface area contributed by atoms with Crippen LogP contribution in [0.3, 0.4) is 0 Å². The first-order chi connectivity index (χ1) is 12.5. The number of carbonyl (C=O) groups excluding carboxylic acids is 1. The molecule has 7 heteroatoms. The summed E-state index contributed by atoms with van der Waals surface area (Å²) in [7, 11) is 0. The molecule has 0 spiro atoms. The molecule has 3 aromatic rings. The number of rotatable bonds is 6. The monoisotopic (exact) mass is 350 g/mol. The second-order valence-electron chi connectivity index (χ2n) is 5.92. The third kappa shape index (κ3) is 3.61. The molecule has 1 amide bonds. The van der Waals surface area contributed by atoms with E-state index in [-0.39, 0.29) is 23.3 Å². The lowest BCUT2D eigenvalue weighted by molar-refractivity contribution is -0.114. The number of hydrogen-bond acceptors (Lipinski definition) is 6. The van der Waals surface area contributed by atoms with Gasteiger partial charge in [0.2, 0.25) is 5.91 Å². The van der Waals surface area contributed by atoms with Crippen molar-refractivity contribution in [1.29, 1.82) is 0 Å². The van der Waals surface area contributed by atoms with Crippen molar-refractivity contribution in [2.45, 2.75) is 19.9 Å². The van der Waals surface area contributed by atoms with Crippen LogP contribution in [0.5, 0.6) is 0 Å². The second kappa shape index (κ2) is 7.18. The Morgan fingerprint density at radius 2 is 1.73 bits per heavy atom. The Morgan fingerprint density at radius 3 is 2.42 bits per heavy atom. The Morgan fingerprint density at radius 1 is 1.04 bits per heavy atom. The molecule has 0 aliphatic carbocycles. The molecule has 0 aliphatic rings. The average Bonchev–Trinajstić information content (AvgIpc) is 2.64. The van der Waals surface area contributed by atoms with Crippen molar-refractivity contribution in [2.24, 2.45) is 0 Å². The van der Waals surface area contributed by atoms with Crippen LogP contribution in [0.15, 0.2) is 58.3 Å². The number of benzene rings is 1. The first kappa shape index (κ1) is 17.3. The standard InChI is InChI=1S/C19H18N4O3/c1-11(13-6-4-3-5-7-13)21-16-17(19(26)18(16)25)23-14-8-9-20-15(10-14)22-12(2)24/h3-11,21H,1-2H3,(H2,20,22,23,24)/t11-/m1/s1. The van der Waals surface area contributed by atoms with Crippen molar-refractivity contribution < 1.29 is 4.79 Å². The van der Waals surface area contributed by atoms with E-state index in [0.29, 0.717) is 11.5 Å². The van der Waals surface area contributed by atoms with Crippen LogP contribution in [0.4, 0.5) is 22.9 Å². The predicted octanol–water partition coefficient (Wildman–Crippen LogP) is 2.55. The topological polar surface area (TPSA) is 100 Å². The molecule has 132 valence electrons. The Balaban J connectivity index is 1.80. The van der Waals surface area contributed by atoms with E-state index in [9.17, 15) is 14.4 Å². The first-order valence-corrected chi connectivity index (χ1v) is 8.11. The summed E-state index contributed by atoms with van der Waals surface area (Å²) in [5, 5.41) is 8.59. The summed E-state index contributed by atoms with van der Waals surface area (Å²) in [4.78, 5) is 39.1. The summed E-state index contributed by atoms with van der Waals surface area (Å²) >= 11 is 0. The van der Waals surface area contributed by atoms with Crippen LogP contribution in [-0.4, -0.2) is 10.9 Å². The van der Waals surface area contributed by atoms with Crippen LogP contribution < -0.4 is 26.8 Å². The minimum atomic E-state index is -0.578. The van der Waals surface area contributed by atoms with Gasteiger partial charge in [0, 0.05) is 30.9 Å². The van der Waals surface area contributed by atoms with Gasteiger partial charge in [-0.15, -0.1) is 0 Å². The minimum absolute atomic E-state index is 0.132. The maximum Gasteiger partial charge on any atom is 0.253 e. The molecule has 0 bridgehead atoms. The van der Waals surface area contributed by atoms with E-state index in [4.69, 9.17) is 0 Å². The largest absolute Gasteiger partial charge is 0.373 e. The molecule has 1 atom stereocenters. The van der Waals surface area contributed by atoms with Crippen molar-refractivity contribution in [3.63, 3.8) is 0 Å². The summed E-state index contributed by atoms with van der Waals surface area (Å²) in [6.07, 6.45) is 1.50. The first-order valence-electron chi connectivity index (χ1n) is 8.11. The minimum Gasteiger partial charge on any atom is -0.373 e. The normalized spacial score (nSPS) is 11.8. The number of aromatic nitrogens is 1. The van der Waals surface area contributed by atoms with Gasteiger partial charge in [-0.1, -0.05) is 30.3 Å². The smallest absolute Gasteiger partial charge is 0.253 e. The van der Waals surface area contributed by atoms with Crippen molar-refractivity contribution in [3.05, 3.63) is 74.7 Å². The van der Waals surface area contributed by atoms with E-state index in [1.165, 1.54) is 13.1 Å². The summed E-state index contributed by atoms with van der Waals surface area (Å²) in [5.41, 5.74) is 0.883. The van der Waals surface area contributed by atoms with Crippen LogP contribution >= 0.6 is 0 Å². The van der Waals surface area contributed by atoms with Gasteiger partial charge < -0.3 is 16.0 Å². The van der Waals surface area contributed by atoms with Gasteiger partial charge in [-0.2, -0.15) is 0 Å². The Kier molecular flexibility index (Phi) is 4.79. The van der Waals surface area contributed by atoms with Crippen LogP contribution in [0.25, 0.3) is 0 Å². The molecule has 3 N–H and O–H groups in total. The van der Waals surface area contributed by atoms with Gasteiger partial charge in [0.25, 0.3) is 10.9 Å². The lowest BCUT2D eigenvalue weighted by atomic mass is 10.1. The van der Waals surface area contributed by atoms with Crippen molar-refractivity contribution >= 4 is 28.8 Å². The third-order valence-electron chi connectivity index (χ3n) is 3.90. The molecule has 0 aliphatic heterocycles. The molecule has 7 nitrogen and oxygen atoms in total. The van der Waals surface area contributed by atoms with E-state index in [1.54, 1.807) is 12.1 Å². The number of hydrogen-bond donors (Lipinski definition) is 3. The number of nitrogens with one attached hydrogen (secondary N) is 3. The highest BCUT2D eigenvalue weighted by Gasteiger charge is 2.22. The van der Waals surface area contributed by atoms with Gasteiger partial charge in [0.1, 0.15) is 17.2 Å². The molecule has 1 heterocycles. The number of pyridine rings is 1. The zero-order chi connectivity index (χ0) is 18.7. The molecular formula is C19H18N4O3. The lowest BCUT2D eigenvalue weighted by Crippen LogP contribution is -2.37. The van der Waals surface area contributed by atoms with Crippen LogP contribution in [-0.2, 0) is 4.79 Å². The van der Waals surface area contributed by atoms with Gasteiger partial charge in [-0.25, -0.2) is 4.98 Å². The molecule has 3 rings (SSSR count). The highest BCUT2D eigenvalue weighted by Crippen LogP contribution is 2.25. The average molecular weight is 350 g/mol. The fourth-order valence-corrected chi connectivity index (χ4v) is 2.59. The van der Waals surface area contributed by atoms with Gasteiger partial charge in [0.05, 0.1) is 0 Å². The summed E-state index contributed by atoms with van der Waals surface area (Å²) in [6.45, 7) is 3.29. The van der Waals surface area contributed by atoms with Gasteiger partial charge in [0.15, 0.2) is 0 Å². The van der Waals surface area contributed by atoms with Crippen molar-refractivity contribution in [1.82, 2.24) is 4.98 Å².